The number of hydrogen-bond acceptors (Lipinski definition) is 4. The molecular weight excluding hydrogens is 522 g/mol. The fraction of sp³-hybridized carbons (Fsp3) is 0.385. The highest BCUT2D eigenvalue weighted by Gasteiger charge is 2.13. The van der Waals surface area contributed by atoms with E-state index in [4.69, 9.17) is 4.74 Å². The number of rotatable bonds is 9. The summed E-state index contributed by atoms with van der Waals surface area (Å²) in [6.45, 7) is 9.55. The van der Waals surface area contributed by atoms with Gasteiger partial charge in [0.2, 0.25) is 5.91 Å². The zero-order valence-electron chi connectivity index (χ0n) is 20.7. The molecule has 0 saturated heterocycles. The van der Waals surface area contributed by atoms with Crippen LogP contribution in [0.1, 0.15) is 45.4 Å². The van der Waals surface area contributed by atoms with Crippen LogP contribution in [0.5, 0.6) is 5.75 Å². The Morgan fingerprint density at radius 2 is 1.91 bits per heavy atom. The van der Waals surface area contributed by atoms with Crippen molar-refractivity contribution in [3.63, 3.8) is 0 Å². The lowest BCUT2D eigenvalue weighted by Crippen LogP contribution is -2.37. The minimum Gasteiger partial charge on any atom is -0.487 e. The Labute approximate surface area is 213 Å². The van der Waals surface area contributed by atoms with Crippen molar-refractivity contribution in [1.82, 2.24) is 9.88 Å². The van der Waals surface area contributed by atoms with E-state index in [1.807, 2.05) is 26.0 Å². The van der Waals surface area contributed by atoms with Crippen molar-refractivity contribution < 1.29 is 23.4 Å². The summed E-state index contributed by atoms with van der Waals surface area (Å²) in [6, 6.07) is 5.02. The Morgan fingerprint density at radius 1 is 1.23 bits per heavy atom. The first-order valence-corrected chi connectivity index (χ1v) is 11.9. The van der Waals surface area contributed by atoms with Crippen LogP contribution in [0.25, 0.3) is 0 Å². The molecule has 2 rings (SSSR count). The summed E-state index contributed by atoms with van der Waals surface area (Å²) in [6.07, 6.45) is 7.75. The third kappa shape index (κ3) is 11.0. The molecule has 1 heterocycles. The van der Waals surface area contributed by atoms with Crippen LogP contribution in [0.3, 0.4) is 0 Å². The minimum absolute atomic E-state index is 0.0911. The lowest BCUT2D eigenvalue weighted by Gasteiger charge is -2.16. The van der Waals surface area contributed by atoms with E-state index in [-0.39, 0.29) is 34.7 Å². The van der Waals surface area contributed by atoms with E-state index in [0.29, 0.717) is 12.3 Å². The number of benzene rings is 1. The molecule has 0 aliphatic heterocycles. The zero-order chi connectivity index (χ0) is 26.6. The predicted molar refractivity (Wildman–Crippen MR) is 137 cm³/mol. The summed E-state index contributed by atoms with van der Waals surface area (Å²) in [4.78, 5) is 23.2. The zero-order valence-corrected chi connectivity index (χ0v) is 22.3. The van der Waals surface area contributed by atoms with Crippen LogP contribution in [0.15, 0.2) is 57.8 Å². The van der Waals surface area contributed by atoms with Crippen LogP contribution in [0, 0.1) is 18.6 Å². The molecule has 0 radical (unpaired) electrons. The SMILES string of the molecule is C/C=C/C(=O)NCC(C)(C)O.C/C=C\CCn1c(C)cc(OCc2ccc(F)cc2F)c(Br)c1=O. The molecular formula is C26H33BrF2N2O4. The van der Waals surface area contributed by atoms with Gasteiger partial charge in [0.05, 0.1) is 5.60 Å². The lowest BCUT2D eigenvalue weighted by molar-refractivity contribution is -0.117. The number of carbonyl (C=O) groups is 1. The Balaban J connectivity index is 0.000000471. The van der Waals surface area contributed by atoms with E-state index in [9.17, 15) is 23.5 Å². The fourth-order valence-electron chi connectivity index (χ4n) is 2.78. The van der Waals surface area contributed by atoms with E-state index in [1.165, 1.54) is 18.2 Å². The van der Waals surface area contributed by atoms with Crippen molar-refractivity contribution >= 4 is 21.8 Å². The molecule has 2 aromatic rings. The summed E-state index contributed by atoms with van der Waals surface area (Å²) >= 11 is 3.25. The molecule has 0 saturated carbocycles. The van der Waals surface area contributed by atoms with Crippen molar-refractivity contribution in [2.24, 2.45) is 0 Å². The quantitative estimate of drug-likeness (QED) is 0.330. The molecule has 0 aliphatic carbocycles. The van der Waals surface area contributed by atoms with Crippen LogP contribution in [0.4, 0.5) is 8.78 Å². The predicted octanol–water partition coefficient (Wildman–Crippen LogP) is 5.19. The van der Waals surface area contributed by atoms with Gasteiger partial charge >= 0.3 is 0 Å². The molecule has 1 aromatic heterocycles. The van der Waals surface area contributed by atoms with Gasteiger partial charge in [0.25, 0.3) is 5.56 Å². The van der Waals surface area contributed by atoms with Gasteiger partial charge in [0.15, 0.2) is 0 Å². The van der Waals surface area contributed by atoms with Gasteiger partial charge in [-0.15, -0.1) is 0 Å². The molecule has 0 spiro atoms. The number of hydrogen-bond donors (Lipinski definition) is 2. The maximum absolute atomic E-state index is 13.6. The average Bonchev–Trinajstić information content (AvgIpc) is 2.77. The second-order valence-electron chi connectivity index (χ2n) is 8.33. The minimum atomic E-state index is -0.836. The molecule has 0 fully saturated rings. The van der Waals surface area contributed by atoms with E-state index < -0.39 is 17.2 Å². The topological polar surface area (TPSA) is 80.6 Å². The van der Waals surface area contributed by atoms with Crippen molar-refractivity contribution in [3.05, 3.63) is 86.3 Å². The number of aliphatic hydroxyl groups is 1. The van der Waals surface area contributed by atoms with Gasteiger partial charge in [-0.2, -0.15) is 0 Å². The average molecular weight is 555 g/mol. The van der Waals surface area contributed by atoms with Gasteiger partial charge in [-0.25, -0.2) is 8.78 Å². The number of nitrogens with zero attached hydrogens (tertiary/aromatic N) is 1. The standard InChI is InChI=1S/C18H18BrF2NO2.C8H15NO2/c1-3-4-5-8-22-12(2)9-16(17(19)18(22)23)24-11-13-6-7-14(20)10-15(13)21;1-4-5-7(10)9-6-8(2,3)11/h3-4,6-7,9-10H,5,8,11H2,1-2H3;4-5,11H,6H2,1-3H3,(H,9,10)/b4-3-;5-4+. The second-order valence-corrected chi connectivity index (χ2v) is 9.13. The first-order chi connectivity index (χ1) is 16.4. The van der Waals surface area contributed by atoms with Crippen molar-refractivity contribution in [1.29, 1.82) is 0 Å². The monoisotopic (exact) mass is 554 g/mol. The molecule has 0 bridgehead atoms. The fourth-order valence-corrected chi connectivity index (χ4v) is 3.22. The number of amides is 1. The van der Waals surface area contributed by atoms with Gasteiger partial charge < -0.3 is 19.7 Å². The third-order valence-corrected chi connectivity index (χ3v) is 5.31. The largest absolute Gasteiger partial charge is 0.487 e. The molecule has 6 nitrogen and oxygen atoms in total. The van der Waals surface area contributed by atoms with Crippen molar-refractivity contribution in [2.75, 3.05) is 6.54 Å². The van der Waals surface area contributed by atoms with Crippen LogP contribution >= 0.6 is 15.9 Å². The number of aromatic nitrogens is 1. The normalized spacial score (nSPS) is 11.5. The summed E-state index contributed by atoms with van der Waals surface area (Å²) in [7, 11) is 0. The summed E-state index contributed by atoms with van der Waals surface area (Å²) in [5, 5.41) is 11.7. The summed E-state index contributed by atoms with van der Waals surface area (Å²) in [5.41, 5.74) is -0.0633. The lowest BCUT2D eigenvalue weighted by atomic mass is 10.1. The highest BCUT2D eigenvalue weighted by molar-refractivity contribution is 9.10. The number of aryl methyl sites for hydroxylation is 1. The highest BCUT2D eigenvalue weighted by atomic mass is 79.9. The molecule has 192 valence electrons. The number of carbonyl (C=O) groups excluding carboxylic acids is 1. The number of ether oxygens (including phenoxy) is 1. The molecule has 0 aliphatic rings. The van der Waals surface area contributed by atoms with Gasteiger partial charge in [-0.05, 0) is 75.2 Å². The first kappa shape index (κ1) is 30.3. The molecule has 35 heavy (non-hydrogen) atoms. The van der Waals surface area contributed by atoms with Crippen LogP contribution in [0.2, 0.25) is 0 Å². The smallest absolute Gasteiger partial charge is 0.268 e. The Morgan fingerprint density at radius 3 is 2.49 bits per heavy atom. The number of allylic oxidation sites excluding steroid dienone is 3. The van der Waals surface area contributed by atoms with E-state index in [2.05, 4.69) is 21.2 Å². The van der Waals surface area contributed by atoms with Gasteiger partial charge in [0.1, 0.15) is 28.5 Å². The molecule has 2 N–H and O–H groups in total. The van der Waals surface area contributed by atoms with Crippen molar-refractivity contribution in [3.8, 4) is 5.75 Å². The third-order valence-electron chi connectivity index (χ3n) is 4.58. The Bertz CT molecular complexity index is 1110. The Hall–Kier alpha value is -2.78. The van der Waals surface area contributed by atoms with E-state index in [1.54, 1.807) is 37.5 Å². The second kappa shape index (κ2) is 14.6. The maximum Gasteiger partial charge on any atom is 0.268 e. The van der Waals surface area contributed by atoms with Crippen LogP contribution in [-0.2, 0) is 17.9 Å². The van der Waals surface area contributed by atoms with Gasteiger partial charge in [-0.3, -0.25) is 9.59 Å². The van der Waals surface area contributed by atoms with Crippen LogP contribution in [-0.4, -0.2) is 27.7 Å². The molecule has 1 aromatic carbocycles. The van der Waals surface area contributed by atoms with E-state index >= 15 is 0 Å². The number of halogens is 3. The first-order valence-electron chi connectivity index (χ1n) is 11.1. The summed E-state index contributed by atoms with van der Waals surface area (Å²) in [5.74, 6) is -1.15. The highest BCUT2D eigenvalue weighted by Crippen LogP contribution is 2.24. The van der Waals surface area contributed by atoms with E-state index in [0.717, 1.165) is 18.2 Å². The van der Waals surface area contributed by atoms with Crippen LogP contribution < -0.4 is 15.6 Å². The van der Waals surface area contributed by atoms with Gasteiger partial charge in [-0.1, -0.05) is 18.2 Å². The van der Waals surface area contributed by atoms with Crippen molar-refractivity contribution in [2.45, 2.75) is 59.8 Å². The molecule has 9 heteroatoms. The molecule has 1 amide bonds. The number of pyridine rings is 1. The maximum atomic E-state index is 13.6. The molecule has 0 unspecified atom stereocenters. The molecule has 0 atom stereocenters. The van der Waals surface area contributed by atoms with Gasteiger partial charge in [0, 0.05) is 36.5 Å². The summed E-state index contributed by atoms with van der Waals surface area (Å²) < 4.78 is 34.0. The Kier molecular flexibility index (Phi) is 12.6. The number of nitrogens with one attached hydrogen (secondary N) is 1.